The Morgan fingerprint density at radius 3 is 2.71 bits per heavy atom. The number of fused-ring (bicyclic) bond motifs is 1. The molecule has 0 radical (unpaired) electrons. The van der Waals surface area contributed by atoms with Gasteiger partial charge in [-0.15, -0.1) is 0 Å². The molecule has 10 nitrogen and oxygen atoms in total. The summed E-state index contributed by atoms with van der Waals surface area (Å²) < 4.78 is 1.18. The molecule has 3 aromatic heterocycles. The van der Waals surface area contributed by atoms with Crippen LogP contribution in [0.5, 0.6) is 0 Å². The van der Waals surface area contributed by atoms with E-state index < -0.39 is 23.4 Å². The van der Waals surface area contributed by atoms with Crippen molar-refractivity contribution in [1.29, 1.82) is 0 Å². The van der Waals surface area contributed by atoms with E-state index in [1.165, 1.54) is 11.6 Å². The van der Waals surface area contributed by atoms with E-state index in [0.29, 0.717) is 6.42 Å². The maximum atomic E-state index is 11.9. The van der Waals surface area contributed by atoms with Crippen molar-refractivity contribution in [2.45, 2.75) is 12.5 Å². The zero-order valence-electron chi connectivity index (χ0n) is 12.6. The molecule has 3 aromatic rings. The van der Waals surface area contributed by atoms with E-state index in [1.807, 2.05) is 0 Å². The molecule has 1 amide bonds. The molecule has 4 N–H and O–H groups in total. The van der Waals surface area contributed by atoms with Gasteiger partial charge in [0.05, 0.1) is 6.04 Å². The first kappa shape index (κ1) is 15.5. The van der Waals surface area contributed by atoms with Crippen molar-refractivity contribution in [2.75, 3.05) is 0 Å². The summed E-state index contributed by atoms with van der Waals surface area (Å²) in [6.45, 7) is 0. The van der Waals surface area contributed by atoms with Crippen LogP contribution in [0.25, 0.3) is 11.2 Å². The Labute approximate surface area is 134 Å². The molecule has 10 heteroatoms. The van der Waals surface area contributed by atoms with Gasteiger partial charge in [0, 0.05) is 25.9 Å². The number of H-pyrrole nitrogens is 2. The average Bonchev–Trinajstić information content (AvgIpc) is 2.99. The van der Waals surface area contributed by atoms with Gasteiger partial charge in [-0.05, 0) is 17.7 Å². The maximum Gasteiger partial charge on any atom is 0.405 e. The summed E-state index contributed by atoms with van der Waals surface area (Å²) in [7, 11) is 1.47. The summed E-state index contributed by atoms with van der Waals surface area (Å²) in [4.78, 5) is 47.7. The minimum absolute atomic E-state index is 0.110. The smallest absolute Gasteiger partial charge is 0.405 e. The number of carbonyl (C=O) groups is 1. The lowest BCUT2D eigenvalue weighted by atomic mass is 10.1. The van der Waals surface area contributed by atoms with E-state index in [-0.39, 0.29) is 17.0 Å². The van der Waals surface area contributed by atoms with E-state index >= 15 is 0 Å². The molecule has 3 heterocycles. The van der Waals surface area contributed by atoms with Crippen molar-refractivity contribution < 1.29 is 9.90 Å². The van der Waals surface area contributed by atoms with Crippen LogP contribution in [0.3, 0.4) is 0 Å². The first-order chi connectivity index (χ1) is 11.5. The number of imidazole rings is 1. The highest BCUT2D eigenvalue weighted by Gasteiger charge is 2.21. The molecule has 0 saturated heterocycles. The Kier molecular flexibility index (Phi) is 3.86. The van der Waals surface area contributed by atoms with Gasteiger partial charge < -0.3 is 15.4 Å². The lowest BCUT2D eigenvalue weighted by molar-refractivity contribution is 0.189. The average molecular weight is 330 g/mol. The van der Waals surface area contributed by atoms with Crippen LogP contribution in [0.4, 0.5) is 4.79 Å². The van der Waals surface area contributed by atoms with Crippen LogP contribution < -0.4 is 16.6 Å². The minimum atomic E-state index is -1.22. The Bertz CT molecular complexity index is 1000. The summed E-state index contributed by atoms with van der Waals surface area (Å²) in [6, 6.07) is 2.79. The van der Waals surface area contributed by atoms with Crippen molar-refractivity contribution >= 4 is 17.3 Å². The van der Waals surface area contributed by atoms with Crippen molar-refractivity contribution in [3.8, 4) is 0 Å². The fraction of sp³-hybridized carbons (Fsp3) is 0.214. The molecule has 0 saturated carbocycles. The second-order valence-electron chi connectivity index (χ2n) is 5.20. The lowest BCUT2D eigenvalue weighted by Crippen LogP contribution is -2.29. The van der Waals surface area contributed by atoms with Crippen LogP contribution in [0.1, 0.15) is 17.4 Å². The maximum absolute atomic E-state index is 11.9. The molecule has 0 aliphatic carbocycles. The highest BCUT2D eigenvalue weighted by atomic mass is 16.4. The number of hydrogen-bond donors (Lipinski definition) is 4. The van der Waals surface area contributed by atoms with Crippen LogP contribution in [0, 0.1) is 0 Å². The molecule has 3 rings (SSSR count). The molecule has 1 unspecified atom stereocenters. The summed E-state index contributed by atoms with van der Waals surface area (Å²) >= 11 is 0. The van der Waals surface area contributed by atoms with Crippen molar-refractivity contribution in [2.24, 2.45) is 7.05 Å². The van der Waals surface area contributed by atoms with Gasteiger partial charge in [-0.1, -0.05) is 0 Å². The van der Waals surface area contributed by atoms with Gasteiger partial charge in [-0.2, -0.15) is 0 Å². The van der Waals surface area contributed by atoms with Crippen LogP contribution in [0.2, 0.25) is 0 Å². The summed E-state index contributed by atoms with van der Waals surface area (Å²) in [5.41, 5.74) is -0.0936. The van der Waals surface area contributed by atoms with E-state index in [1.54, 1.807) is 24.5 Å². The minimum Gasteiger partial charge on any atom is -0.465 e. The third-order valence-electron chi connectivity index (χ3n) is 3.59. The second kappa shape index (κ2) is 5.99. The molecule has 0 aromatic carbocycles. The monoisotopic (exact) mass is 330 g/mol. The predicted molar refractivity (Wildman–Crippen MR) is 83.8 cm³/mol. The molecule has 24 heavy (non-hydrogen) atoms. The first-order valence-electron chi connectivity index (χ1n) is 7.03. The van der Waals surface area contributed by atoms with E-state index in [4.69, 9.17) is 5.11 Å². The molecular formula is C14H14N6O4. The van der Waals surface area contributed by atoms with Gasteiger partial charge in [0.1, 0.15) is 11.3 Å². The quantitative estimate of drug-likeness (QED) is 0.525. The molecule has 124 valence electrons. The molecule has 1 atom stereocenters. The third-order valence-corrected chi connectivity index (χ3v) is 3.59. The molecule has 0 aliphatic rings. The normalized spacial score (nSPS) is 12.2. The Hall–Kier alpha value is -3.43. The second-order valence-corrected chi connectivity index (χ2v) is 5.20. The van der Waals surface area contributed by atoms with Crippen molar-refractivity contribution in [3.63, 3.8) is 0 Å². The highest BCUT2D eigenvalue weighted by Crippen LogP contribution is 2.17. The number of carboxylic acid groups (broad SMARTS) is 1. The number of aromatic nitrogens is 5. The largest absolute Gasteiger partial charge is 0.465 e. The molecule has 0 spiro atoms. The van der Waals surface area contributed by atoms with Gasteiger partial charge in [-0.3, -0.25) is 19.3 Å². The summed E-state index contributed by atoms with van der Waals surface area (Å²) in [5, 5.41) is 11.4. The van der Waals surface area contributed by atoms with Crippen LogP contribution >= 0.6 is 0 Å². The zero-order valence-corrected chi connectivity index (χ0v) is 12.6. The van der Waals surface area contributed by atoms with Gasteiger partial charge in [0.25, 0.3) is 5.56 Å². The predicted octanol–water partition coefficient (Wildman–Crippen LogP) is -0.104. The SMILES string of the molecule is Cn1c(=O)[nH]c(=O)c2[nH]c(C(Cc3ccncc3)NC(=O)O)nc21. The highest BCUT2D eigenvalue weighted by molar-refractivity contribution is 5.70. The number of aryl methyl sites for hydroxylation is 1. The van der Waals surface area contributed by atoms with Crippen LogP contribution in [0.15, 0.2) is 34.1 Å². The van der Waals surface area contributed by atoms with Gasteiger partial charge >= 0.3 is 11.8 Å². The van der Waals surface area contributed by atoms with Crippen LogP contribution in [-0.2, 0) is 13.5 Å². The number of rotatable bonds is 4. The van der Waals surface area contributed by atoms with Crippen molar-refractivity contribution in [3.05, 3.63) is 56.8 Å². The first-order valence-corrected chi connectivity index (χ1v) is 7.03. The van der Waals surface area contributed by atoms with Gasteiger partial charge in [-0.25, -0.2) is 14.6 Å². The van der Waals surface area contributed by atoms with Gasteiger partial charge in [0.2, 0.25) is 0 Å². The van der Waals surface area contributed by atoms with E-state index in [0.717, 1.165) is 5.56 Å². The fourth-order valence-electron chi connectivity index (χ4n) is 2.41. The summed E-state index contributed by atoms with van der Waals surface area (Å²) in [6.07, 6.45) is 2.28. The zero-order chi connectivity index (χ0) is 17.3. The Morgan fingerprint density at radius 1 is 1.33 bits per heavy atom. The number of pyridine rings is 1. The van der Waals surface area contributed by atoms with E-state index in [2.05, 4.69) is 25.3 Å². The Balaban J connectivity index is 2.07. The number of nitrogens with zero attached hydrogens (tertiary/aromatic N) is 3. The molecular weight excluding hydrogens is 316 g/mol. The topological polar surface area (TPSA) is 146 Å². The third kappa shape index (κ3) is 2.89. The number of hydrogen-bond acceptors (Lipinski definition) is 5. The number of amides is 1. The molecule has 0 fully saturated rings. The molecule has 0 bridgehead atoms. The van der Waals surface area contributed by atoms with Crippen LogP contribution in [-0.4, -0.2) is 35.7 Å². The summed E-state index contributed by atoms with van der Waals surface area (Å²) in [5.74, 6) is 0.246. The van der Waals surface area contributed by atoms with Gasteiger partial charge in [0.15, 0.2) is 5.65 Å². The Morgan fingerprint density at radius 2 is 2.04 bits per heavy atom. The van der Waals surface area contributed by atoms with Crippen molar-refractivity contribution in [1.82, 2.24) is 29.8 Å². The molecule has 0 aliphatic heterocycles. The standard InChI is InChI=1S/C14H14N6O4/c1-20-11-9(12(21)19-13(20)22)17-10(18-11)8(16-14(23)24)6-7-2-4-15-5-3-7/h2-5,8,16H,6H2,1H3,(H,17,18)(H,23,24)(H,19,21,22). The lowest BCUT2D eigenvalue weighted by Gasteiger charge is -2.14. The van der Waals surface area contributed by atoms with E-state index in [9.17, 15) is 14.4 Å². The number of aromatic amines is 2. The fourth-order valence-corrected chi connectivity index (χ4v) is 2.41. The number of nitrogens with one attached hydrogen (secondary N) is 3.